The van der Waals surface area contributed by atoms with Gasteiger partial charge in [0.25, 0.3) is 5.56 Å². The maximum absolute atomic E-state index is 14.1. The van der Waals surface area contributed by atoms with Crippen LogP contribution in [0.25, 0.3) is 6.08 Å². The van der Waals surface area contributed by atoms with E-state index in [1.807, 2.05) is 12.1 Å². The minimum atomic E-state index is -1.66. The number of para-hydroxylation sites is 1. The summed E-state index contributed by atoms with van der Waals surface area (Å²) in [7, 11) is 1.37. The molecule has 0 saturated heterocycles. The number of hydrogen-bond acceptors (Lipinski definition) is 7. The Bertz CT molecular complexity index is 1930. The van der Waals surface area contributed by atoms with Gasteiger partial charge in [-0.15, -0.1) is 0 Å². The molecule has 2 aliphatic heterocycles. The lowest BCUT2D eigenvalue weighted by Crippen LogP contribution is -2.58. The van der Waals surface area contributed by atoms with Gasteiger partial charge in [-0.2, -0.15) is 8.78 Å². The van der Waals surface area contributed by atoms with Gasteiger partial charge in [0.15, 0.2) is 22.2 Å². The van der Waals surface area contributed by atoms with E-state index < -0.39 is 53.3 Å². The van der Waals surface area contributed by atoms with Crippen LogP contribution in [0.3, 0.4) is 0 Å². The Morgan fingerprint density at radius 2 is 1.83 bits per heavy atom. The van der Waals surface area contributed by atoms with Crippen molar-refractivity contribution in [3.63, 3.8) is 0 Å². The maximum Gasteiger partial charge on any atom is 0.270 e. The lowest BCUT2D eigenvalue weighted by Gasteiger charge is -2.45. The van der Waals surface area contributed by atoms with Crippen molar-refractivity contribution in [2.45, 2.75) is 32.2 Å². The predicted octanol–water partition coefficient (Wildman–Crippen LogP) is 4.42. The predicted molar refractivity (Wildman–Crippen MR) is 144 cm³/mol. The van der Waals surface area contributed by atoms with Crippen LogP contribution in [0, 0.1) is 29.2 Å². The third kappa shape index (κ3) is 4.37. The van der Waals surface area contributed by atoms with Crippen molar-refractivity contribution >= 4 is 23.2 Å². The minimum absolute atomic E-state index is 0.0939. The number of nitrogens with zero attached hydrogens (tertiary/aromatic N) is 2. The van der Waals surface area contributed by atoms with Crippen LogP contribution in [0.4, 0.5) is 17.6 Å². The van der Waals surface area contributed by atoms with Crippen molar-refractivity contribution in [1.29, 1.82) is 0 Å². The van der Waals surface area contributed by atoms with Gasteiger partial charge in [0.1, 0.15) is 29.8 Å². The Morgan fingerprint density at radius 3 is 2.52 bits per heavy atom. The molecule has 3 aromatic carbocycles. The summed E-state index contributed by atoms with van der Waals surface area (Å²) in [5.41, 5.74) is -0.0591. The third-order valence-electron chi connectivity index (χ3n) is 7.36. The van der Waals surface area contributed by atoms with Gasteiger partial charge >= 0.3 is 0 Å². The highest BCUT2D eigenvalue weighted by molar-refractivity contribution is 7.07. The molecule has 2 aliphatic rings. The van der Waals surface area contributed by atoms with Crippen LogP contribution >= 0.6 is 11.3 Å². The molecule has 0 aliphatic carbocycles. The summed E-state index contributed by atoms with van der Waals surface area (Å²) in [5, 5.41) is 0. The number of ketones is 1. The first kappa shape index (κ1) is 27.7. The van der Waals surface area contributed by atoms with Gasteiger partial charge in [0.05, 0.1) is 17.7 Å². The van der Waals surface area contributed by atoms with E-state index in [-0.39, 0.29) is 23.2 Å². The Hall–Kier alpha value is -4.45. The molecule has 0 unspecified atom stereocenters. The highest BCUT2D eigenvalue weighted by atomic mass is 32.1. The van der Waals surface area contributed by atoms with Crippen LogP contribution in [0.2, 0.25) is 0 Å². The van der Waals surface area contributed by atoms with E-state index in [9.17, 15) is 27.2 Å². The van der Waals surface area contributed by atoms with Gasteiger partial charge in [-0.1, -0.05) is 35.6 Å². The highest BCUT2D eigenvalue weighted by Crippen LogP contribution is 2.47. The molecule has 0 radical (unpaired) electrons. The van der Waals surface area contributed by atoms with Gasteiger partial charge in [0.2, 0.25) is 17.4 Å². The van der Waals surface area contributed by atoms with Gasteiger partial charge in [0, 0.05) is 17.2 Å². The van der Waals surface area contributed by atoms with Crippen molar-refractivity contribution in [3.05, 3.63) is 108 Å². The lowest BCUT2D eigenvalue weighted by molar-refractivity contribution is -0.132. The quantitative estimate of drug-likeness (QED) is 0.243. The zero-order valence-corrected chi connectivity index (χ0v) is 23.2. The summed E-state index contributed by atoms with van der Waals surface area (Å²) >= 11 is 1.13. The first-order valence-electron chi connectivity index (χ1n) is 12.8. The fourth-order valence-electron chi connectivity index (χ4n) is 5.54. The summed E-state index contributed by atoms with van der Waals surface area (Å²) in [6.45, 7) is 2.69. The third-order valence-corrected chi connectivity index (χ3v) is 8.35. The number of carbonyl (C=O) groups excluding carboxylic acids is 1. The molecule has 0 fully saturated rings. The first-order chi connectivity index (χ1) is 20.0. The van der Waals surface area contributed by atoms with E-state index in [0.29, 0.717) is 31.8 Å². The average molecular weight is 599 g/mol. The van der Waals surface area contributed by atoms with Crippen molar-refractivity contribution in [2.75, 3.05) is 7.11 Å². The molecule has 2 bridgehead atoms. The maximum atomic E-state index is 14.1. The molecule has 7 nitrogen and oxygen atoms in total. The number of carbonyl (C=O) groups is 1. The minimum Gasteiger partial charge on any atom is -0.496 e. The van der Waals surface area contributed by atoms with Crippen molar-refractivity contribution < 1.29 is 36.6 Å². The number of ether oxygens (including phenoxy) is 3. The molecule has 12 heteroatoms. The summed E-state index contributed by atoms with van der Waals surface area (Å²) in [6, 6.07) is 11.5. The van der Waals surface area contributed by atoms with Gasteiger partial charge in [-0.25, -0.2) is 13.8 Å². The second kappa shape index (κ2) is 10.1. The number of thiazole rings is 1. The fourth-order valence-corrected chi connectivity index (χ4v) is 6.64. The number of aromatic nitrogens is 1. The molecule has 0 amide bonds. The normalized spacial score (nSPS) is 20.7. The van der Waals surface area contributed by atoms with E-state index in [4.69, 9.17) is 19.2 Å². The average Bonchev–Trinajstić information content (AvgIpc) is 3.24. The summed E-state index contributed by atoms with van der Waals surface area (Å²) in [4.78, 5) is 31.7. The first-order valence-corrected chi connectivity index (χ1v) is 13.6. The smallest absolute Gasteiger partial charge is 0.270 e. The zero-order chi connectivity index (χ0) is 29.9. The van der Waals surface area contributed by atoms with Crippen molar-refractivity contribution in [3.8, 4) is 17.2 Å². The number of halogens is 4. The highest BCUT2D eigenvalue weighted by Gasteiger charge is 2.53. The van der Waals surface area contributed by atoms with Gasteiger partial charge in [-0.05, 0) is 43.7 Å². The standard InChI is InChI=1S/C30H22F4N2O5S/c1-14(37)23-26-17-6-4-5-7-21(17)41-30(23,2)35-29-36(26)28(38)22(42-29)11-15-8-9-20(39-3)16(10-15)13-40-27-24(33)18(31)12-19(32)25(27)34/h4-12,23,26H,13H2,1-3H3/b22-11+/t23-,26+,30-/m0/s1. The molecule has 3 heterocycles. The molecule has 42 heavy (non-hydrogen) atoms. The van der Waals surface area contributed by atoms with E-state index in [1.165, 1.54) is 18.6 Å². The molecule has 6 rings (SSSR count). The number of Topliss-reactive ketones (excluding diaryl/α,β-unsaturated/α-hetero) is 1. The largest absolute Gasteiger partial charge is 0.496 e. The number of methoxy groups -OCH3 is 1. The summed E-state index contributed by atoms with van der Waals surface area (Å²) in [5.74, 6) is -7.77. The van der Waals surface area contributed by atoms with Gasteiger partial charge in [-0.3, -0.25) is 14.2 Å². The van der Waals surface area contributed by atoms with Crippen LogP contribution in [-0.4, -0.2) is 23.2 Å². The summed E-state index contributed by atoms with van der Waals surface area (Å²) in [6.07, 6.45) is 1.60. The van der Waals surface area contributed by atoms with Crippen LogP contribution in [0.5, 0.6) is 17.2 Å². The van der Waals surface area contributed by atoms with E-state index >= 15 is 0 Å². The van der Waals surface area contributed by atoms with Crippen molar-refractivity contribution in [1.82, 2.24) is 4.57 Å². The monoisotopic (exact) mass is 598 g/mol. The molecule has 4 aromatic rings. The molecular weight excluding hydrogens is 576 g/mol. The number of benzene rings is 3. The van der Waals surface area contributed by atoms with Crippen LogP contribution in [-0.2, 0) is 11.4 Å². The molecule has 216 valence electrons. The molecule has 1 aromatic heterocycles. The Labute approximate surface area is 239 Å². The topological polar surface area (TPSA) is 79.1 Å². The summed E-state index contributed by atoms with van der Waals surface area (Å²) < 4.78 is 74.0. The second-order valence-electron chi connectivity index (χ2n) is 10.1. The molecule has 0 spiro atoms. The SMILES string of the molecule is COc1ccc(/C=c2/sc3n(c2=O)[C@@H]2c4ccccc4O[C@](C)(N=3)[C@H]2C(C)=O)cc1COc1c(F)c(F)cc(F)c1F. The van der Waals surface area contributed by atoms with Crippen LogP contribution in [0.1, 0.15) is 36.6 Å². The Kier molecular flexibility index (Phi) is 6.68. The van der Waals surface area contributed by atoms with Gasteiger partial charge < -0.3 is 14.2 Å². The Balaban J connectivity index is 1.43. The number of fused-ring (bicyclic) bond motifs is 6. The van der Waals surface area contributed by atoms with E-state index in [1.54, 1.807) is 43.3 Å². The fraction of sp³-hybridized carbons (Fsp3) is 0.233. The lowest BCUT2D eigenvalue weighted by atomic mass is 9.79. The molecule has 0 saturated carbocycles. The Morgan fingerprint density at radius 1 is 1.12 bits per heavy atom. The van der Waals surface area contributed by atoms with Crippen LogP contribution < -0.4 is 29.1 Å². The molecule has 3 atom stereocenters. The van der Waals surface area contributed by atoms with Crippen molar-refractivity contribution in [2.24, 2.45) is 10.9 Å². The van der Waals surface area contributed by atoms with E-state index in [0.717, 1.165) is 11.3 Å². The zero-order valence-electron chi connectivity index (χ0n) is 22.4. The second-order valence-corrected chi connectivity index (χ2v) is 11.1. The molecule has 0 N–H and O–H groups in total. The number of rotatable bonds is 6. The van der Waals surface area contributed by atoms with Crippen LogP contribution in [0.15, 0.2) is 58.3 Å². The van der Waals surface area contributed by atoms with E-state index in [2.05, 4.69) is 0 Å². The number of hydrogen-bond donors (Lipinski definition) is 0. The molecular formula is C30H22F4N2O5S.